The molecule has 2 amide bonds. The molecule has 37 heavy (non-hydrogen) atoms. The maximum atomic E-state index is 13.5. The second kappa shape index (κ2) is 14.0. The summed E-state index contributed by atoms with van der Waals surface area (Å²) in [5, 5.41) is 2.97. The van der Waals surface area contributed by atoms with Crippen molar-refractivity contribution in [3.05, 3.63) is 59.9 Å². The van der Waals surface area contributed by atoms with Gasteiger partial charge in [0.1, 0.15) is 17.6 Å². The summed E-state index contributed by atoms with van der Waals surface area (Å²) in [6.45, 7) is 5.98. The first-order valence-corrected chi connectivity index (χ1v) is 14.3. The van der Waals surface area contributed by atoms with Gasteiger partial charge in [-0.1, -0.05) is 26.0 Å². The Morgan fingerprint density at radius 1 is 1.08 bits per heavy atom. The van der Waals surface area contributed by atoms with Crippen LogP contribution in [-0.2, 0) is 26.2 Å². The Labute approximate surface area is 219 Å². The molecule has 204 valence electrons. The molecule has 0 saturated heterocycles. The maximum Gasteiger partial charge on any atom is 0.243 e. The number of carbonyl (C=O) groups excluding carboxylic acids is 2. The lowest BCUT2D eigenvalue weighted by Crippen LogP contribution is -2.50. The number of halogens is 1. The zero-order chi connectivity index (χ0) is 27.6. The molecule has 0 aliphatic heterocycles. The van der Waals surface area contributed by atoms with Crippen molar-refractivity contribution in [3.63, 3.8) is 0 Å². The van der Waals surface area contributed by atoms with Gasteiger partial charge in [0, 0.05) is 25.6 Å². The molecule has 10 heteroatoms. The van der Waals surface area contributed by atoms with Gasteiger partial charge in [0.25, 0.3) is 0 Å². The second-order valence-electron chi connectivity index (χ2n) is 9.03. The molecule has 0 radical (unpaired) electrons. The zero-order valence-corrected chi connectivity index (χ0v) is 23.1. The molecule has 0 aromatic heterocycles. The number of hydrogen-bond donors (Lipinski definition) is 1. The molecule has 0 spiro atoms. The van der Waals surface area contributed by atoms with Gasteiger partial charge in [-0.25, -0.2) is 12.8 Å². The molecule has 0 heterocycles. The van der Waals surface area contributed by atoms with Crippen LogP contribution in [0, 0.1) is 5.82 Å². The van der Waals surface area contributed by atoms with Crippen LogP contribution in [0.25, 0.3) is 0 Å². The average Bonchev–Trinajstić information content (AvgIpc) is 2.86. The second-order valence-corrected chi connectivity index (χ2v) is 10.9. The summed E-state index contributed by atoms with van der Waals surface area (Å²) in [5.74, 6) is -0.314. The lowest BCUT2D eigenvalue weighted by molar-refractivity contribution is -0.141. The number of carbonyl (C=O) groups is 2. The Bertz CT molecular complexity index is 1140. The van der Waals surface area contributed by atoms with Crippen LogP contribution in [0.2, 0.25) is 0 Å². The zero-order valence-electron chi connectivity index (χ0n) is 22.2. The number of methoxy groups -OCH3 is 1. The van der Waals surface area contributed by atoms with Crippen molar-refractivity contribution in [3.8, 4) is 5.75 Å². The summed E-state index contributed by atoms with van der Waals surface area (Å²) >= 11 is 0. The summed E-state index contributed by atoms with van der Waals surface area (Å²) in [6, 6.07) is 11.7. The first-order valence-electron chi connectivity index (χ1n) is 12.5. The van der Waals surface area contributed by atoms with Gasteiger partial charge in [0.15, 0.2) is 0 Å². The molecular weight excluding hydrogens is 497 g/mol. The minimum atomic E-state index is -3.65. The average molecular weight is 536 g/mol. The number of nitrogens with zero attached hydrogens (tertiary/aromatic N) is 2. The van der Waals surface area contributed by atoms with Crippen LogP contribution in [0.3, 0.4) is 0 Å². The fraction of sp³-hybridized carbons (Fsp3) is 0.481. The molecular formula is C27H38FN3O5S. The number of ether oxygens (including phenoxy) is 1. The van der Waals surface area contributed by atoms with Crippen molar-refractivity contribution in [2.45, 2.75) is 65.1 Å². The van der Waals surface area contributed by atoms with Crippen molar-refractivity contribution in [2.24, 2.45) is 0 Å². The van der Waals surface area contributed by atoms with E-state index < -0.39 is 21.9 Å². The molecule has 0 aliphatic carbocycles. The number of amides is 2. The van der Waals surface area contributed by atoms with Crippen molar-refractivity contribution in [1.82, 2.24) is 10.2 Å². The number of rotatable bonds is 14. The molecule has 2 rings (SSSR count). The van der Waals surface area contributed by atoms with Crippen LogP contribution in [0.4, 0.5) is 10.1 Å². The summed E-state index contributed by atoms with van der Waals surface area (Å²) in [4.78, 5) is 28.1. The molecule has 2 aromatic rings. The van der Waals surface area contributed by atoms with Gasteiger partial charge in [0.05, 0.1) is 19.1 Å². The number of hydrogen-bond acceptors (Lipinski definition) is 5. The predicted octanol–water partition coefficient (Wildman–Crippen LogP) is 4.10. The van der Waals surface area contributed by atoms with Crippen molar-refractivity contribution in [1.29, 1.82) is 0 Å². The fourth-order valence-corrected chi connectivity index (χ4v) is 4.90. The quantitative estimate of drug-likeness (QED) is 0.393. The molecule has 0 aliphatic rings. The molecule has 0 saturated carbocycles. The van der Waals surface area contributed by atoms with E-state index in [4.69, 9.17) is 4.74 Å². The van der Waals surface area contributed by atoms with Crippen LogP contribution < -0.4 is 14.4 Å². The van der Waals surface area contributed by atoms with E-state index in [0.717, 1.165) is 22.5 Å². The van der Waals surface area contributed by atoms with Gasteiger partial charge < -0.3 is 15.0 Å². The van der Waals surface area contributed by atoms with Gasteiger partial charge in [0.2, 0.25) is 21.8 Å². The Morgan fingerprint density at radius 3 is 2.32 bits per heavy atom. The molecule has 1 N–H and O–H groups in total. The van der Waals surface area contributed by atoms with E-state index in [9.17, 15) is 22.4 Å². The predicted molar refractivity (Wildman–Crippen MR) is 143 cm³/mol. The topological polar surface area (TPSA) is 96.0 Å². The van der Waals surface area contributed by atoms with E-state index in [1.165, 1.54) is 24.3 Å². The lowest BCUT2D eigenvalue weighted by Gasteiger charge is -2.32. The fourth-order valence-electron chi connectivity index (χ4n) is 3.94. The standard InChI is InChI=1S/C27H38FN3O5S/c1-6-20(3)29-27(33)25(7-2)30(19-21-10-8-11-24(18-21)36-4)26(32)12-9-17-31(37(5,34)35)23-15-13-22(28)14-16-23/h8,10-11,13-16,18,20,25H,6-7,9,12,17,19H2,1-5H3,(H,29,33)/t20-,25+/m1/s1. The lowest BCUT2D eigenvalue weighted by atomic mass is 10.1. The van der Waals surface area contributed by atoms with Crippen molar-refractivity contribution >= 4 is 27.5 Å². The number of benzene rings is 2. The van der Waals surface area contributed by atoms with E-state index in [1.54, 1.807) is 18.1 Å². The highest BCUT2D eigenvalue weighted by atomic mass is 32.2. The molecule has 8 nitrogen and oxygen atoms in total. The third kappa shape index (κ3) is 9.03. The first kappa shape index (κ1) is 30.1. The minimum absolute atomic E-state index is 0.0320. The van der Waals surface area contributed by atoms with Crippen LogP contribution in [0.5, 0.6) is 5.75 Å². The van der Waals surface area contributed by atoms with E-state index >= 15 is 0 Å². The molecule has 0 unspecified atom stereocenters. The van der Waals surface area contributed by atoms with Gasteiger partial charge in [-0.3, -0.25) is 13.9 Å². The van der Waals surface area contributed by atoms with Crippen LogP contribution >= 0.6 is 0 Å². The van der Waals surface area contributed by atoms with Crippen LogP contribution in [0.15, 0.2) is 48.5 Å². The third-order valence-electron chi connectivity index (χ3n) is 6.14. The van der Waals surface area contributed by atoms with Gasteiger partial charge in [-0.2, -0.15) is 0 Å². The Balaban J connectivity index is 2.24. The number of anilines is 1. The highest BCUT2D eigenvalue weighted by Crippen LogP contribution is 2.21. The molecule has 0 bridgehead atoms. The monoisotopic (exact) mass is 535 g/mol. The number of nitrogens with one attached hydrogen (secondary N) is 1. The molecule has 2 aromatic carbocycles. The van der Waals surface area contributed by atoms with Gasteiger partial charge >= 0.3 is 0 Å². The smallest absolute Gasteiger partial charge is 0.243 e. The van der Waals surface area contributed by atoms with Gasteiger partial charge in [-0.15, -0.1) is 0 Å². The van der Waals surface area contributed by atoms with Gasteiger partial charge in [-0.05, 0) is 68.1 Å². The van der Waals surface area contributed by atoms with Crippen LogP contribution in [0.1, 0.15) is 52.0 Å². The largest absolute Gasteiger partial charge is 0.497 e. The summed E-state index contributed by atoms with van der Waals surface area (Å²) in [5.41, 5.74) is 1.13. The van der Waals surface area contributed by atoms with Crippen molar-refractivity contribution < 1.29 is 27.1 Å². The third-order valence-corrected chi connectivity index (χ3v) is 7.33. The van der Waals surface area contributed by atoms with E-state index in [2.05, 4.69) is 5.32 Å². The Morgan fingerprint density at radius 2 is 1.76 bits per heavy atom. The Kier molecular flexibility index (Phi) is 11.4. The maximum absolute atomic E-state index is 13.5. The molecule has 0 fully saturated rings. The summed E-state index contributed by atoms with van der Waals surface area (Å²) in [6.07, 6.45) is 2.50. The highest BCUT2D eigenvalue weighted by Gasteiger charge is 2.29. The normalized spacial score (nSPS) is 12.9. The Hall–Kier alpha value is -3.14. The molecule has 2 atom stereocenters. The first-order chi connectivity index (χ1) is 17.5. The van der Waals surface area contributed by atoms with E-state index in [0.29, 0.717) is 17.9 Å². The van der Waals surface area contributed by atoms with Crippen molar-refractivity contribution in [2.75, 3.05) is 24.2 Å². The van der Waals surface area contributed by atoms with E-state index in [1.807, 2.05) is 39.0 Å². The van der Waals surface area contributed by atoms with E-state index in [-0.39, 0.29) is 43.8 Å². The minimum Gasteiger partial charge on any atom is -0.497 e. The SMILES string of the molecule is CC[C@@H](C)NC(=O)[C@H](CC)N(Cc1cccc(OC)c1)C(=O)CCCN(c1ccc(F)cc1)S(C)(=O)=O. The highest BCUT2D eigenvalue weighted by molar-refractivity contribution is 7.92. The summed E-state index contributed by atoms with van der Waals surface area (Å²) < 4.78 is 44.5. The number of sulfonamides is 1. The van der Waals surface area contributed by atoms with Crippen LogP contribution in [-0.4, -0.2) is 57.1 Å². The summed E-state index contributed by atoms with van der Waals surface area (Å²) in [7, 11) is -2.09.